The van der Waals surface area contributed by atoms with Crippen LogP contribution in [0.25, 0.3) is 27.8 Å². The van der Waals surface area contributed by atoms with Crippen LogP contribution in [0.3, 0.4) is 0 Å². The van der Waals surface area contributed by atoms with Gasteiger partial charge in [-0.05, 0) is 12.1 Å². The van der Waals surface area contributed by atoms with Gasteiger partial charge in [-0.3, -0.25) is 0 Å². The predicted molar refractivity (Wildman–Crippen MR) is 89.6 cm³/mol. The molecule has 0 bridgehead atoms. The summed E-state index contributed by atoms with van der Waals surface area (Å²) < 4.78 is 2.14. The van der Waals surface area contributed by atoms with Crippen molar-refractivity contribution in [2.75, 3.05) is 11.5 Å². The first kappa shape index (κ1) is 15.1. The Morgan fingerprint density at radius 1 is 0.783 bits per heavy atom. The molecule has 0 unspecified atom stereocenters. The average Bonchev–Trinajstić information content (AvgIpc) is 2.54. The molecule has 114 valence electrons. The molecule has 4 nitrogen and oxygen atoms in total. The number of aromatic nitrogens is 2. The summed E-state index contributed by atoms with van der Waals surface area (Å²) in [5.41, 5.74) is 18.0. The zero-order chi connectivity index (χ0) is 15.1. The van der Waals surface area contributed by atoms with Crippen molar-refractivity contribution in [3.63, 3.8) is 0 Å². The standard InChI is InChI=1S/C18H14N4.ClH/c19-12-10-14(20)18-17(11-12)22(13-6-2-1-3-7-13)16-9-5-4-8-15(16)21-18;/h1-11H,(H3,19,20);1H. The Hall–Kier alpha value is -2.85. The van der Waals surface area contributed by atoms with E-state index in [1.54, 1.807) is 6.07 Å². The fraction of sp³-hybridized carbons (Fsp3) is 0. The largest absolute Gasteiger partial charge is 1.00 e. The highest BCUT2D eigenvalue weighted by Crippen LogP contribution is 2.24. The van der Waals surface area contributed by atoms with Gasteiger partial charge in [0, 0.05) is 30.0 Å². The van der Waals surface area contributed by atoms with Gasteiger partial charge in [0.2, 0.25) is 16.7 Å². The fourth-order valence-corrected chi connectivity index (χ4v) is 2.81. The minimum atomic E-state index is 0. The first-order chi connectivity index (χ1) is 10.7. The SMILES string of the molecule is Nc1cc(N)c2nc3ccccc3[n+](-c3ccccc3)c2c1.[Cl-]. The zero-order valence-electron chi connectivity index (χ0n) is 12.3. The Morgan fingerprint density at radius 3 is 2.26 bits per heavy atom. The minimum absolute atomic E-state index is 0. The van der Waals surface area contributed by atoms with Gasteiger partial charge in [0.25, 0.3) is 0 Å². The van der Waals surface area contributed by atoms with E-state index in [1.165, 1.54) is 0 Å². The zero-order valence-corrected chi connectivity index (χ0v) is 13.0. The van der Waals surface area contributed by atoms with Gasteiger partial charge in [-0.1, -0.05) is 30.3 Å². The van der Waals surface area contributed by atoms with Crippen molar-refractivity contribution in [3.05, 3.63) is 66.7 Å². The molecular weight excluding hydrogens is 308 g/mol. The van der Waals surface area contributed by atoms with E-state index in [9.17, 15) is 0 Å². The highest BCUT2D eigenvalue weighted by atomic mass is 35.5. The molecule has 0 saturated carbocycles. The van der Waals surface area contributed by atoms with Crippen LogP contribution < -0.4 is 28.4 Å². The predicted octanol–water partition coefficient (Wildman–Crippen LogP) is -0.167. The summed E-state index contributed by atoms with van der Waals surface area (Å²) in [6, 6.07) is 21.8. The quantitative estimate of drug-likeness (QED) is 0.290. The average molecular weight is 323 g/mol. The molecule has 0 spiro atoms. The molecule has 5 heteroatoms. The number of anilines is 2. The second kappa shape index (κ2) is 5.74. The van der Waals surface area contributed by atoms with Crippen LogP contribution in [0.5, 0.6) is 0 Å². The fourth-order valence-electron chi connectivity index (χ4n) is 2.81. The van der Waals surface area contributed by atoms with E-state index >= 15 is 0 Å². The summed E-state index contributed by atoms with van der Waals surface area (Å²) in [7, 11) is 0. The molecule has 4 rings (SSSR count). The lowest BCUT2D eigenvalue weighted by Gasteiger charge is -2.07. The maximum Gasteiger partial charge on any atom is 0.241 e. The van der Waals surface area contributed by atoms with Crippen LogP contribution in [0.2, 0.25) is 0 Å². The molecule has 0 aliphatic heterocycles. The van der Waals surface area contributed by atoms with Crippen molar-refractivity contribution >= 4 is 33.4 Å². The van der Waals surface area contributed by atoms with Crippen LogP contribution in [0, 0.1) is 0 Å². The van der Waals surface area contributed by atoms with E-state index in [-0.39, 0.29) is 12.4 Å². The molecule has 0 fully saturated rings. The number of benzene rings is 3. The third kappa shape index (κ3) is 2.43. The van der Waals surface area contributed by atoms with Crippen molar-refractivity contribution < 1.29 is 17.0 Å². The van der Waals surface area contributed by atoms with E-state index in [0.717, 1.165) is 27.8 Å². The molecule has 3 aromatic carbocycles. The van der Waals surface area contributed by atoms with E-state index in [2.05, 4.69) is 16.7 Å². The van der Waals surface area contributed by atoms with Crippen LogP contribution >= 0.6 is 0 Å². The summed E-state index contributed by atoms with van der Waals surface area (Å²) in [6.45, 7) is 0. The maximum atomic E-state index is 6.14. The molecule has 1 aromatic heterocycles. The highest BCUT2D eigenvalue weighted by molar-refractivity contribution is 5.92. The number of rotatable bonds is 1. The molecule has 0 aliphatic rings. The first-order valence-electron chi connectivity index (χ1n) is 7.09. The Labute approximate surface area is 139 Å². The molecule has 0 saturated heterocycles. The van der Waals surface area contributed by atoms with Crippen molar-refractivity contribution in [1.29, 1.82) is 0 Å². The summed E-state index contributed by atoms with van der Waals surface area (Å²) in [5.74, 6) is 0. The number of para-hydroxylation sites is 3. The van der Waals surface area contributed by atoms with Gasteiger partial charge in [-0.25, -0.2) is 4.98 Å². The Bertz CT molecular complexity index is 1000. The van der Waals surface area contributed by atoms with Crippen LogP contribution in [0.15, 0.2) is 66.7 Å². The smallest absolute Gasteiger partial charge is 0.241 e. The van der Waals surface area contributed by atoms with Gasteiger partial charge in [0.15, 0.2) is 5.52 Å². The summed E-state index contributed by atoms with van der Waals surface area (Å²) in [5, 5.41) is 0. The van der Waals surface area contributed by atoms with Crippen LogP contribution in [0.4, 0.5) is 11.4 Å². The van der Waals surface area contributed by atoms with E-state index in [4.69, 9.17) is 16.5 Å². The van der Waals surface area contributed by atoms with Crippen LogP contribution in [0.1, 0.15) is 0 Å². The summed E-state index contributed by atoms with van der Waals surface area (Å²) in [4.78, 5) is 4.70. The molecule has 0 aliphatic carbocycles. The molecular formula is C18H15ClN4. The van der Waals surface area contributed by atoms with Crippen LogP contribution in [-0.4, -0.2) is 4.98 Å². The first-order valence-corrected chi connectivity index (χ1v) is 7.09. The second-order valence-corrected chi connectivity index (χ2v) is 5.25. The summed E-state index contributed by atoms with van der Waals surface area (Å²) in [6.07, 6.45) is 0. The van der Waals surface area contributed by atoms with E-state index < -0.39 is 0 Å². The molecule has 0 radical (unpaired) electrons. The van der Waals surface area contributed by atoms with Gasteiger partial charge >= 0.3 is 0 Å². The molecule has 4 aromatic rings. The molecule has 4 N–H and O–H groups in total. The number of nitrogen functional groups attached to an aromatic ring is 2. The third-order valence-electron chi connectivity index (χ3n) is 3.75. The van der Waals surface area contributed by atoms with Gasteiger partial charge in [-0.2, -0.15) is 0 Å². The Balaban J connectivity index is 0.00000156. The molecule has 23 heavy (non-hydrogen) atoms. The van der Waals surface area contributed by atoms with Crippen molar-refractivity contribution in [3.8, 4) is 5.69 Å². The molecule has 1 heterocycles. The number of fused-ring (bicyclic) bond motifs is 2. The number of hydrogen-bond acceptors (Lipinski definition) is 3. The van der Waals surface area contributed by atoms with Crippen molar-refractivity contribution in [1.82, 2.24) is 4.98 Å². The lowest BCUT2D eigenvalue weighted by molar-refractivity contribution is -0.538. The Morgan fingerprint density at radius 2 is 1.48 bits per heavy atom. The maximum absolute atomic E-state index is 6.14. The topological polar surface area (TPSA) is 68.8 Å². The second-order valence-electron chi connectivity index (χ2n) is 5.25. The monoisotopic (exact) mass is 322 g/mol. The normalized spacial score (nSPS) is 10.6. The van der Waals surface area contributed by atoms with E-state index in [0.29, 0.717) is 11.4 Å². The summed E-state index contributed by atoms with van der Waals surface area (Å²) >= 11 is 0. The number of nitrogens with zero attached hydrogens (tertiary/aromatic N) is 2. The van der Waals surface area contributed by atoms with Crippen molar-refractivity contribution in [2.45, 2.75) is 0 Å². The van der Waals surface area contributed by atoms with E-state index in [1.807, 2.05) is 48.5 Å². The van der Waals surface area contributed by atoms with Gasteiger partial charge in [-0.15, -0.1) is 4.57 Å². The lowest BCUT2D eigenvalue weighted by Crippen LogP contribution is -3.00. The Kier molecular flexibility index (Phi) is 3.76. The lowest BCUT2D eigenvalue weighted by atomic mass is 10.2. The van der Waals surface area contributed by atoms with Crippen LogP contribution in [-0.2, 0) is 0 Å². The van der Waals surface area contributed by atoms with Gasteiger partial charge < -0.3 is 23.9 Å². The third-order valence-corrected chi connectivity index (χ3v) is 3.75. The number of hydrogen-bond donors (Lipinski definition) is 2. The minimum Gasteiger partial charge on any atom is -1.00 e. The van der Waals surface area contributed by atoms with Gasteiger partial charge in [0.1, 0.15) is 5.52 Å². The van der Waals surface area contributed by atoms with Gasteiger partial charge in [0.05, 0.1) is 5.69 Å². The van der Waals surface area contributed by atoms with Crippen molar-refractivity contribution in [2.24, 2.45) is 0 Å². The molecule has 0 atom stereocenters. The number of halogens is 1. The number of nitrogens with two attached hydrogens (primary N) is 2. The molecule has 0 amide bonds. The highest BCUT2D eigenvalue weighted by Gasteiger charge is 2.20.